The molecule has 0 bridgehead atoms. The van der Waals surface area contributed by atoms with Crippen molar-refractivity contribution >= 4 is 29.9 Å². The summed E-state index contributed by atoms with van der Waals surface area (Å²) in [5.41, 5.74) is 10.3. The minimum Gasteiger partial charge on any atom is -0.379 e. The highest BCUT2D eigenvalue weighted by Gasteiger charge is 1.89. The van der Waals surface area contributed by atoms with Gasteiger partial charge in [0, 0.05) is 6.61 Å². The van der Waals surface area contributed by atoms with Crippen molar-refractivity contribution in [2.75, 3.05) is 33.0 Å². The van der Waals surface area contributed by atoms with Crippen LogP contribution in [-0.2, 0) is 9.47 Å². The Morgan fingerprint density at radius 1 is 1.07 bits per heavy atom. The van der Waals surface area contributed by atoms with Gasteiger partial charge < -0.3 is 20.9 Å². The van der Waals surface area contributed by atoms with Gasteiger partial charge in [-0.15, -0.1) is 24.0 Å². The minimum atomic E-state index is 0. The van der Waals surface area contributed by atoms with E-state index in [-0.39, 0.29) is 29.9 Å². The molecule has 6 heteroatoms. The number of rotatable bonds is 9. The fourth-order valence-electron chi connectivity index (χ4n) is 0.808. The number of guanidine groups is 1. The Morgan fingerprint density at radius 2 is 1.67 bits per heavy atom. The number of ether oxygens (including phenoxy) is 2. The number of nitrogens with two attached hydrogens (primary N) is 2. The molecule has 5 nitrogen and oxygen atoms in total. The Morgan fingerprint density at radius 3 is 2.20 bits per heavy atom. The molecule has 0 heterocycles. The summed E-state index contributed by atoms with van der Waals surface area (Å²) in [7, 11) is 0. The number of nitrogens with zero attached hydrogens (tertiary/aromatic N) is 1. The molecular formula is C9H22IN3O2. The number of hydrogen-bond acceptors (Lipinski definition) is 3. The smallest absolute Gasteiger partial charge is 0.185 e. The van der Waals surface area contributed by atoms with Crippen LogP contribution in [0, 0.1) is 0 Å². The maximum Gasteiger partial charge on any atom is 0.185 e. The largest absolute Gasteiger partial charge is 0.379 e. The van der Waals surface area contributed by atoms with Crippen molar-refractivity contribution in [2.45, 2.75) is 19.8 Å². The third-order valence-electron chi connectivity index (χ3n) is 1.54. The van der Waals surface area contributed by atoms with Gasteiger partial charge in [0.15, 0.2) is 5.96 Å². The normalized spacial score (nSPS) is 9.40. The number of aliphatic imine (C=N–C) groups is 1. The van der Waals surface area contributed by atoms with Gasteiger partial charge in [-0.05, 0) is 6.42 Å². The van der Waals surface area contributed by atoms with E-state index in [2.05, 4.69) is 11.9 Å². The molecule has 0 aromatic carbocycles. The third kappa shape index (κ3) is 16.6. The lowest BCUT2D eigenvalue weighted by Gasteiger charge is -2.03. The van der Waals surface area contributed by atoms with E-state index in [1.807, 2.05) is 0 Å². The molecule has 15 heavy (non-hydrogen) atoms. The number of halogens is 1. The maximum atomic E-state index is 5.29. The average Bonchev–Trinajstić information content (AvgIpc) is 2.15. The lowest BCUT2D eigenvalue weighted by atomic mass is 10.4. The van der Waals surface area contributed by atoms with Crippen LogP contribution in [0.3, 0.4) is 0 Å². The number of unbranched alkanes of at least 4 members (excludes halogenated alkanes) is 1. The van der Waals surface area contributed by atoms with Crippen molar-refractivity contribution in [3.63, 3.8) is 0 Å². The monoisotopic (exact) mass is 331 g/mol. The fraction of sp³-hybridized carbons (Fsp3) is 0.889. The van der Waals surface area contributed by atoms with E-state index in [0.29, 0.717) is 26.4 Å². The lowest BCUT2D eigenvalue weighted by Crippen LogP contribution is -2.23. The lowest BCUT2D eigenvalue weighted by molar-refractivity contribution is 0.0498. The molecule has 0 rings (SSSR count). The quantitative estimate of drug-likeness (QED) is 0.282. The summed E-state index contributed by atoms with van der Waals surface area (Å²) in [4.78, 5) is 3.78. The number of hydrogen-bond donors (Lipinski definition) is 2. The van der Waals surface area contributed by atoms with E-state index >= 15 is 0 Å². The molecule has 0 atom stereocenters. The van der Waals surface area contributed by atoms with Crippen molar-refractivity contribution in [3.8, 4) is 0 Å². The van der Waals surface area contributed by atoms with Crippen LogP contribution >= 0.6 is 24.0 Å². The Labute approximate surface area is 109 Å². The molecule has 0 aromatic heterocycles. The Hall–Kier alpha value is -0.0800. The topological polar surface area (TPSA) is 82.9 Å². The van der Waals surface area contributed by atoms with Gasteiger partial charge in [0.05, 0.1) is 26.4 Å². The van der Waals surface area contributed by atoms with Crippen LogP contribution in [0.1, 0.15) is 19.8 Å². The highest BCUT2D eigenvalue weighted by Crippen LogP contribution is 1.87. The molecule has 0 saturated carbocycles. The first-order valence-corrected chi connectivity index (χ1v) is 4.98. The van der Waals surface area contributed by atoms with Crippen LogP contribution < -0.4 is 11.5 Å². The molecule has 0 amide bonds. The molecule has 0 aromatic rings. The van der Waals surface area contributed by atoms with Gasteiger partial charge in [0.1, 0.15) is 0 Å². The van der Waals surface area contributed by atoms with Crippen molar-refractivity contribution in [2.24, 2.45) is 16.5 Å². The standard InChI is InChI=1S/C9H21N3O2.HI/c1-2-3-5-13-7-8-14-6-4-12-9(10)11;/h2-8H2,1H3,(H4,10,11,12);1H. The van der Waals surface area contributed by atoms with Gasteiger partial charge in [-0.2, -0.15) is 0 Å². The molecule has 0 aliphatic carbocycles. The SMILES string of the molecule is CCCCOCCOCCN=C(N)N.I. The molecule has 0 unspecified atom stereocenters. The van der Waals surface area contributed by atoms with Crippen molar-refractivity contribution < 1.29 is 9.47 Å². The summed E-state index contributed by atoms with van der Waals surface area (Å²) in [6, 6.07) is 0. The second-order valence-corrected chi connectivity index (χ2v) is 2.88. The molecule has 92 valence electrons. The van der Waals surface area contributed by atoms with Gasteiger partial charge >= 0.3 is 0 Å². The first-order valence-electron chi connectivity index (χ1n) is 4.98. The second-order valence-electron chi connectivity index (χ2n) is 2.88. The van der Waals surface area contributed by atoms with E-state index in [4.69, 9.17) is 20.9 Å². The van der Waals surface area contributed by atoms with Crippen LogP contribution in [0.15, 0.2) is 4.99 Å². The molecule has 0 saturated heterocycles. The van der Waals surface area contributed by atoms with E-state index in [9.17, 15) is 0 Å². The summed E-state index contributed by atoms with van der Waals surface area (Å²) in [6.45, 7) is 5.24. The molecule has 0 aliphatic heterocycles. The molecule has 0 aliphatic rings. The Balaban J connectivity index is 0. The Kier molecular flexibility index (Phi) is 16.1. The van der Waals surface area contributed by atoms with Gasteiger partial charge in [-0.3, -0.25) is 4.99 Å². The van der Waals surface area contributed by atoms with Crippen molar-refractivity contribution in [1.82, 2.24) is 0 Å². The van der Waals surface area contributed by atoms with Crippen molar-refractivity contribution in [1.29, 1.82) is 0 Å². The van der Waals surface area contributed by atoms with E-state index in [1.165, 1.54) is 0 Å². The zero-order valence-corrected chi connectivity index (χ0v) is 11.6. The van der Waals surface area contributed by atoms with Gasteiger partial charge in [0.25, 0.3) is 0 Å². The average molecular weight is 331 g/mol. The van der Waals surface area contributed by atoms with Gasteiger partial charge in [0.2, 0.25) is 0 Å². The maximum absolute atomic E-state index is 5.29. The zero-order chi connectivity index (χ0) is 10.6. The van der Waals surface area contributed by atoms with Crippen LogP contribution in [0.25, 0.3) is 0 Å². The van der Waals surface area contributed by atoms with Gasteiger partial charge in [-0.1, -0.05) is 13.3 Å². The van der Waals surface area contributed by atoms with E-state index in [1.54, 1.807) is 0 Å². The highest BCUT2D eigenvalue weighted by atomic mass is 127. The van der Waals surface area contributed by atoms with Crippen LogP contribution in [0.2, 0.25) is 0 Å². The third-order valence-corrected chi connectivity index (χ3v) is 1.54. The first kappa shape index (κ1) is 17.3. The predicted molar refractivity (Wildman–Crippen MR) is 72.6 cm³/mol. The summed E-state index contributed by atoms with van der Waals surface area (Å²) < 4.78 is 10.5. The van der Waals surface area contributed by atoms with E-state index in [0.717, 1.165) is 19.4 Å². The summed E-state index contributed by atoms with van der Waals surface area (Å²) >= 11 is 0. The molecule has 0 fully saturated rings. The van der Waals surface area contributed by atoms with Gasteiger partial charge in [-0.25, -0.2) is 0 Å². The minimum absolute atomic E-state index is 0. The summed E-state index contributed by atoms with van der Waals surface area (Å²) in [5, 5.41) is 0. The van der Waals surface area contributed by atoms with Crippen molar-refractivity contribution in [3.05, 3.63) is 0 Å². The van der Waals surface area contributed by atoms with E-state index < -0.39 is 0 Å². The van der Waals surface area contributed by atoms with Crippen LogP contribution in [0.4, 0.5) is 0 Å². The molecule has 4 N–H and O–H groups in total. The molecule has 0 spiro atoms. The Bertz CT molecular complexity index is 152. The molecular weight excluding hydrogens is 309 g/mol. The fourth-order valence-corrected chi connectivity index (χ4v) is 0.808. The molecule has 0 radical (unpaired) electrons. The summed E-state index contributed by atoms with van der Waals surface area (Å²) in [6.07, 6.45) is 2.26. The predicted octanol–water partition coefficient (Wildman–Crippen LogP) is 0.711. The second kappa shape index (κ2) is 13.9. The first-order chi connectivity index (χ1) is 6.77. The van der Waals surface area contributed by atoms with Crippen LogP contribution in [0.5, 0.6) is 0 Å². The highest BCUT2D eigenvalue weighted by molar-refractivity contribution is 14.0. The van der Waals surface area contributed by atoms with Crippen LogP contribution in [-0.4, -0.2) is 38.9 Å². The summed E-state index contributed by atoms with van der Waals surface area (Å²) in [5.74, 6) is 0.104. The zero-order valence-electron chi connectivity index (χ0n) is 9.28.